The molecule has 0 saturated heterocycles. The first-order chi connectivity index (χ1) is 8.49. The molecular weight excluding hydrogens is 414 g/mol. The zero-order valence-electron chi connectivity index (χ0n) is 9.11. The van der Waals surface area contributed by atoms with Crippen LogP contribution in [0.4, 0.5) is 4.39 Å². The zero-order valence-corrected chi connectivity index (χ0v) is 12.9. The van der Waals surface area contributed by atoms with Crippen LogP contribution in [0.1, 0.15) is 10.4 Å². The Morgan fingerprint density at radius 1 is 1.06 bits per heavy atom. The minimum absolute atomic E-state index is 0.0985. The molecule has 0 amide bonds. The molecule has 0 fully saturated rings. The molecule has 2 nitrogen and oxygen atoms in total. The molecule has 2 rings (SSSR count). The largest absolute Gasteiger partial charge is 0.478 e. The van der Waals surface area contributed by atoms with Crippen molar-refractivity contribution in [2.45, 2.75) is 0 Å². The topological polar surface area (TPSA) is 37.3 Å². The van der Waals surface area contributed by atoms with Crippen molar-refractivity contribution in [3.05, 3.63) is 68.0 Å². The Labute approximate surface area is 126 Å². The van der Waals surface area contributed by atoms with E-state index in [2.05, 4.69) is 50.7 Å². The fourth-order valence-electron chi connectivity index (χ4n) is 1.02. The number of carboxylic acid groups (broad SMARTS) is 1. The fourth-order valence-corrected chi connectivity index (χ4v) is 1.65. The summed E-state index contributed by atoms with van der Waals surface area (Å²) in [6.45, 7) is 0. The summed E-state index contributed by atoms with van der Waals surface area (Å²) in [5.41, 5.74) is 0.0985. The van der Waals surface area contributed by atoms with E-state index in [1.807, 2.05) is 12.1 Å². The standard InChI is InChI=1S/C7H5FO2.C6H4BrI/c8-6-3-1-5(2-4-6)7(9)10;7-5-1-3-6(8)4-2-5/h1-4H,(H,9,10);1-4H. The molecule has 0 aliphatic rings. The SMILES string of the molecule is Brc1ccc(I)cc1.O=C(O)c1ccc(F)cc1. The summed E-state index contributed by atoms with van der Waals surface area (Å²) >= 11 is 5.62. The first kappa shape index (κ1) is 15.1. The predicted octanol–water partition coefficient (Wildman–Crippen LogP) is 4.58. The van der Waals surface area contributed by atoms with Crippen LogP contribution in [0.3, 0.4) is 0 Å². The number of carbonyl (C=O) groups is 1. The summed E-state index contributed by atoms with van der Waals surface area (Å²) in [7, 11) is 0. The Bertz CT molecular complexity index is 491. The molecule has 0 unspecified atom stereocenters. The van der Waals surface area contributed by atoms with Gasteiger partial charge in [-0.1, -0.05) is 15.9 Å². The van der Waals surface area contributed by atoms with Crippen LogP contribution in [0.2, 0.25) is 0 Å². The van der Waals surface area contributed by atoms with Crippen LogP contribution in [-0.4, -0.2) is 11.1 Å². The van der Waals surface area contributed by atoms with Crippen molar-refractivity contribution in [2.24, 2.45) is 0 Å². The van der Waals surface area contributed by atoms with Gasteiger partial charge in [-0.3, -0.25) is 0 Å². The van der Waals surface area contributed by atoms with Crippen LogP contribution >= 0.6 is 38.5 Å². The summed E-state index contributed by atoms with van der Waals surface area (Å²) < 4.78 is 14.6. The lowest BCUT2D eigenvalue weighted by atomic mass is 10.2. The van der Waals surface area contributed by atoms with E-state index in [4.69, 9.17) is 5.11 Å². The van der Waals surface area contributed by atoms with Crippen molar-refractivity contribution >= 4 is 44.5 Å². The third-order valence-electron chi connectivity index (χ3n) is 1.89. The highest BCUT2D eigenvalue weighted by Gasteiger charge is 1.99. The van der Waals surface area contributed by atoms with E-state index in [0.29, 0.717) is 0 Å². The molecule has 2 aromatic rings. The Hall–Kier alpha value is -0.950. The van der Waals surface area contributed by atoms with Crippen LogP contribution in [0.5, 0.6) is 0 Å². The summed E-state index contributed by atoms with van der Waals surface area (Å²) in [4.78, 5) is 10.2. The summed E-state index contributed by atoms with van der Waals surface area (Å²) in [5.74, 6) is -1.47. The number of aromatic carboxylic acids is 1. The minimum atomic E-state index is -1.04. The van der Waals surface area contributed by atoms with Crippen LogP contribution < -0.4 is 0 Å². The van der Waals surface area contributed by atoms with E-state index < -0.39 is 11.8 Å². The molecule has 0 aliphatic heterocycles. The smallest absolute Gasteiger partial charge is 0.335 e. The van der Waals surface area contributed by atoms with Gasteiger partial charge < -0.3 is 5.11 Å². The van der Waals surface area contributed by atoms with Crippen LogP contribution in [0.15, 0.2) is 53.0 Å². The Kier molecular flexibility index (Phi) is 6.28. The number of hydrogen-bond donors (Lipinski definition) is 1. The van der Waals surface area contributed by atoms with E-state index in [-0.39, 0.29) is 5.56 Å². The molecule has 0 heterocycles. The van der Waals surface area contributed by atoms with Crippen molar-refractivity contribution in [1.29, 1.82) is 0 Å². The summed E-state index contributed by atoms with van der Waals surface area (Å²) in [5, 5.41) is 8.35. The van der Waals surface area contributed by atoms with E-state index in [1.54, 1.807) is 0 Å². The molecule has 0 aliphatic carbocycles. The zero-order chi connectivity index (χ0) is 13.5. The Morgan fingerprint density at radius 2 is 1.56 bits per heavy atom. The maximum atomic E-state index is 12.2. The van der Waals surface area contributed by atoms with Gasteiger partial charge in [0, 0.05) is 8.04 Å². The van der Waals surface area contributed by atoms with Crippen molar-refractivity contribution in [2.75, 3.05) is 0 Å². The van der Waals surface area contributed by atoms with Crippen LogP contribution in [0.25, 0.3) is 0 Å². The number of halogens is 3. The molecule has 0 radical (unpaired) electrons. The van der Waals surface area contributed by atoms with E-state index in [9.17, 15) is 9.18 Å². The highest BCUT2D eigenvalue weighted by molar-refractivity contribution is 14.1. The summed E-state index contributed by atoms with van der Waals surface area (Å²) in [6, 6.07) is 12.8. The van der Waals surface area contributed by atoms with Crippen LogP contribution in [-0.2, 0) is 0 Å². The highest BCUT2D eigenvalue weighted by atomic mass is 127. The average Bonchev–Trinajstić information content (AvgIpc) is 2.34. The molecule has 2 aromatic carbocycles. The Morgan fingerprint density at radius 3 is 1.94 bits per heavy atom. The van der Waals surface area contributed by atoms with Crippen molar-refractivity contribution in [3.63, 3.8) is 0 Å². The van der Waals surface area contributed by atoms with Gasteiger partial charge in [-0.25, -0.2) is 9.18 Å². The molecule has 0 spiro atoms. The predicted molar refractivity (Wildman–Crippen MR) is 80.2 cm³/mol. The third kappa shape index (κ3) is 5.59. The second kappa shape index (κ2) is 7.48. The normalized spacial score (nSPS) is 9.28. The third-order valence-corrected chi connectivity index (χ3v) is 3.14. The number of benzene rings is 2. The monoisotopic (exact) mass is 422 g/mol. The quantitative estimate of drug-likeness (QED) is 0.683. The first-order valence-electron chi connectivity index (χ1n) is 4.89. The number of carboxylic acids is 1. The molecule has 5 heteroatoms. The minimum Gasteiger partial charge on any atom is -0.478 e. The maximum absolute atomic E-state index is 12.2. The van der Waals surface area contributed by atoms with Gasteiger partial charge in [0.15, 0.2) is 0 Å². The first-order valence-corrected chi connectivity index (χ1v) is 6.76. The van der Waals surface area contributed by atoms with Gasteiger partial charge in [0.1, 0.15) is 5.82 Å². The average molecular weight is 423 g/mol. The lowest BCUT2D eigenvalue weighted by Gasteiger charge is -1.90. The number of rotatable bonds is 1. The Balaban J connectivity index is 0.000000184. The lowest BCUT2D eigenvalue weighted by Crippen LogP contribution is -1.94. The van der Waals surface area contributed by atoms with Gasteiger partial charge in [0.2, 0.25) is 0 Å². The molecule has 0 atom stereocenters. The maximum Gasteiger partial charge on any atom is 0.335 e. The van der Waals surface area contributed by atoms with Gasteiger partial charge in [0.25, 0.3) is 0 Å². The van der Waals surface area contributed by atoms with Gasteiger partial charge >= 0.3 is 5.97 Å². The van der Waals surface area contributed by atoms with E-state index >= 15 is 0 Å². The van der Waals surface area contributed by atoms with Gasteiger partial charge in [0.05, 0.1) is 5.56 Å². The van der Waals surface area contributed by atoms with Crippen LogP contribution in [0, 0.1) is 9.39 Å². The van der Waals surface area contributed by atoms with E-state index in [1.165, 1.54) is 15.7 Å². The molecule has 1 N–H and O–H groups in total. The molecular formula is C13H9BrFIO2. The molecule has 0 saturated carbocycles. The van der Waals surface area contributed by atoms with Gasteiger partial charge in [-0.15, -0.1) is 0 Å². The van der Waals surface area contributed by atoms with Crippen molar-refractivity contribution < 1.29 is 14.3 Å². The fraction of sp³-hybridized carbons (Fsp3) is 0. The van der Waals surface area contributed by atoms with Crippen molar-refractivity contribution in [3.8, 4) is 0 Å². The van der Waals surface area contributed by atoms with Gasteiger partial charge in [-0.05, 0) is 71.1 Å². The highest BCUT2D eigenvalue weighted by Crippen LogP contribution is 2.11. The number of hydrogen-bond acceptors (Lipinski definition) is 1. The van der Waals surface area contributed by atoms with E-state index in [0.717, 1.165) is 16.6 Å². The second-order valence-electron chi connectivity index (χ2n) is 3.25. The molecule has 18 heavy (non-hydrogen) atoms. The van der Waals surface area contributed by atoms with Crippen molar-refractivity contribution in [1.82, 2.24) is 0 Å². The second-order valence-corrected chi connectivity index (χ2v) is 5.41. The molecule has 94 valence electrons. The lowest BCUT2D eigenvalue weighted by molar-refractivity contribution is 0.0697. The molecule has 0 aromatic heterocycles. The van der Waals surface area contributed by atoms with Gasteiger partial charge in [-0.2, -0.15) is 0 Å². The molecule has 0 bridgehead atoms. The summed E-state index contributed by atoms with van der Waals surface area (Å²) in [6.07, 6.45) is 0.